The smallest absolute Gasteiger partial charge is 0.494 e. The van der Waals surface area contributed by atoms with E-state index in [1.807, 2.05) is 20.8 Å². The third-order valence-corrected chi connectivity index (χ3v) is 7.10. The summed E-state index contributed by atoms with van der Waals surface area (Å²) in [6, 6.07) is 6.43. The van der Waals surface area contributed by atoms with Gasteiger partial charge in [-0.2, -0.15) is 9.37 Å². The number of anilines is 1. The van der Waals surface area contributed by atoms with Crippen LogP contribution in [0.2, 0.25) is 0 Å². The van der Waals surface area contributed by atoms with Crippen molar-refractivity contribution >= 4 is 40.3 Å². The summed E-state index contributed by atoms with van der Waals surface area (Å²) in [5, 5.41) is 0.648. The van der Waals surface area contributed by atoms with Crippen LogP contribution in [0.1, 0.15) is 33.6 Å². The highest BCUT2D eigenvalue weighted by Crippen LogP contribution is 2.41. The highest BCUT2D eigenvalue weighted by molar-refractivity contribution is 8.17. The lowest BCUT2D eigenvalue weighted by Crippen LogP contribution is -2.55. The van der Waals surface area contributed by atoms with Crippen LogP contribution in [0.4, 0.5) is 10.5 Å². The van der Waals surface area contributed by atoms with Crippen LogP contribution in [-0.4, -0.2) is 58.6 Å². The summed E-state index contributed by atoms with van der Waals surface area (Å²) in [5.41, 5.74) is 1.41. The lowest BCUT2D eigenvalue weighted by atomic mass is 9.98. The zero-order chi connectivity index (χ0) is 21.4. The van der Waals surface area contributed by atoms with Gasteiger partial charge in [-0.1, -0.05) is 11.8 Å². The number of urea groups is 1. The molecule has 158 valence electrons. The molecule has 1 aromatic carbocycles. The van der Waals surface area contributed by atoms with E-state index in [1.165, 1.54) is 21.2 Å². The van der Waals surface area contributed by atoms with Crippen LogP contribution in [0.5, 0.6) is 5.75 Å². The van der Waals surface area contributed by atoms with Crippen LogP contribution in [0.15, 0.2) is 34.7 Å². The van der Waals surface area contributed by atoms with Gasteiger partial charge in [0.25, 0.3) is 5.91 Å². The van der Waals surface area contributed by atoms with E-state index in [0.29, 0.717) is 23.1 Å². The van der Waals surface area contributed by atoms with Crippen molar-refractivity contribution in [1.29, 1.82) is 0 Å². The van der Waals surface area contributed by atoms with Crippen molar-refractivity contribution in [1.82, 2.24) is 4.90 Å². The maximum Gasteiger partial charge on any atom is 0.507 e. The first-order valence-electron chi connectivity index (χ1n) is 10.3. The number of thioether (sulfide) groups is 1. The third kappa shape index (κ3) is 3.53. The Labute approximate surface area is 180 Å². The zero-order valence-corrected chi connectivity index (χ0v) is 18.3. The molecule has 7 nitrogen and oxygen atoms in total. The number of imide groups is 1. The number of hydrogen-bond acceptors (Lipinski definition) is 5. The van der Waals surface area contributed by atoms with Gasteiger partial charge in [0.1, 0.15) is 11.4 Å². The van der Waals surface area contributed by atoms with Gasteiger partial charge < -0.3 is 9.64 Å². The van der Waals surface area contributed by atoms with E-state index in [1.54, 1.807) is 29.2 Å². The number of rotatable bonds is 5. The van der Waals surface area contributed by atoms with Crippen LogP contribution in [0.3, 0.4) is 0 Å². The van der Waals surface area contributed by atoms with Crippen molar-refractivity contribution in [3.63, 3.8) is 0 Å². The number of hydrogen-bond donors (Lipinski definition) is 0. The largest absolute Gasteiger partial charge is 0.507 e. The minimum absolute atomic E-state index is 0.0426. The topological polar surface area (TPSA) is 69.9 Å². The van der Waals surface area contributed by atoms with Crippen LogP contribution >= 0.6 is 11.8 Å². The van der Waals surface area contributed by atoms with E-state index < -0.39 is 11.9 Å². The normalized spacial score (nSPS) is 21.6. The van der Waals surface area contributed by atoms with Crippen LogP contribution in [0.25, 0.3) is 0 Å². The Morgan fingerprint density at radius 2 is 1.83 bits per heavy atom. The fourth-order valence-corrected chi connectivity index (χ4v) is 5.31. The number of amides is 4. The van der Waals surface area contributed by atoms with Gasteiger partial charge in [0.15, 0.2) is 17.5 Å². The molecule has 0 aromatic heterocycles. The number of carbonyl (C=O) groups is 3. The lowest BCUT2D eigenvalue weighted by Gasteiger charge is -2.25. The SMILES string of the molecule is CCOc1ccc(N2C(=O)C3C(C)=C(C)SC3=[N+](CC(=O)N3CCCC3)C2=O)cc1. The van der Waals surface area contributed by atoms with Gasteiger partial charge in [-0.25, -0.2) is 4.79 Å². The Kier molecular flexibility index (Phi) is 5.69. The average molecular weight is 429 g/mol. The first-order chi connectivity index (χ1) is 14.4. The van der Waals surface area contributed by atoms with Crippen molar-refractivity contribution in [3.05, 3.63) is 34.7 Å². The molecule has 0 bridgehead atoms. The number of allylic oxidation sites excluding steroid dienone is 1. The summed E-state index contributed by atoms with van der Waals surface area (Å²) in [6.45, 7) is 7.71. The first-order valence-corrected chi connectivity index (χ1v) is 11.1. The molecular weight excluding hydrogens is 402 g/mol. The number of fused-ring (bicyclic) bond motifs is 1. The molecule has 4 amide bonds. The Bertz CT molecular complexity index is 961. The minimum Gasteiger partial charge on any atom is -0.494 e. The lowest BCUT2D eigenvalue weighted by molar-refractivity contribution is -0.416. The monoisotopic (exact) mass is 428 g/mol. The first kappa shape index (κ1) is 20.7. The second-order valence-corrected chi connectivity index (χ2v) is 8.90. The van der Waals surface area contributed by atoms with Gasteiger partial charge in [-0.05, 0) is 68.4 Å². The second kappa shape index (κ2) is 8.26. The third-order valence-electron chi connectivity index (χ3n) is 5.81. The maximum absolute atomic E-state index is 13.4. The summed E-state index contributed by atoms with van der Waals surface area (Å²) in [6.07, 6.45) is 1.98. The Morgan fingerprint density at radius 3 is 2.47 bits per heavy atom. The van der Waals surface area contributed by atoms with Gasteiger partial charge >= 0.3 is 11.9 Å². The van der Waals surface area contributed by atoms with Crippen LogP contribution in [0, 0.1) is 5.92 Å². The molecule has 1 unspecified atom stereocenters. The standard InChI is InChI=1S/C22H26N3O4S/c1-4-29-17-9-7-16(8-10-17)25-20(27)19-14(2)15(3)30-21(19)24(22(25)28)13-18(26)23-11-5-6-12-23/h7-10,19H,4-6,11-13H2,1-3H3/q+1. The number of nitrogens with zero attached hydrogens (tertiary/aromatic N) is 3. The van der Waals surface area contributed by atoms with Crippen molar-refractivity contribution in [2.75, 3.05) is 31.1 Å². The minimum atomic E-state index is -0.523. The Balaban J connectivity index is 1.70. The molecule has 3 aliphatic heterocycles. The molecule has 0 saturated carbocycles. The summed E-state index contributed by atoms with van der Waals surface area (Å²) < 4.78 is 6.96. The van der Waals surface area contributed by atoms with E-state index in [4.69, 9.17) is 4.74 Å². The highest BCUT2D eigenvalue weighted by atomic mass is 32.2. The second-order valence-electron chi connectivity index (χ2n) is 7.67. The van der Waals surface area contributed by atoms with Crippen LogP contribution in [-0.2, 0) is 9.59 Å². The van der Waals surface area contributed by atoms with Crippen molar-refractivity contribution in [2.45, 2.75) is 33.6 Å². The Hall–Kier alpha value is -2.61. The van der Waals surface area contributed by atoms with Crippen LogP contribution < -0.4 is 9.64 Å². The number of likely N-dealkylation sites (tertiary alicyclic amines) is 1. The molecule has 8 heteroatoms. The van der Waals surface area contributed by atoms with Crippen molar-refractivity contribution in [3.8, 4) is 5.75 Å². The number of ether oxygens (including phenoxy) is 1. The molecule has 0 radical (unpaired) electrons. The zero-order valence-electron chi connectivity index (χ0n) is 17.5. The fraction of sp³-hybridized carbons (Fsp3) is 0.455. The summed E-state index contributed by atoms with van der Waals surface area (Å²) in [4.78, 5) is 43.6. The summed E-state index contributed by atoms with van der Waals surface area (Å²) in [5.74, 6) is -0.192. The van der Waals surface area contributed by atoms with Gasteiger partial charge in [-0.15, -0.1) is 4.90 Å². The molecule has 1 fully saturated rings. The molecule has 3 aliphatic rings. The average Bonchev–Trinajstić information content (AvgIpc) is 3.36. The van der Waals surface area contributed by atoms with Crippen molar-refractivity contribution in [2.24, 2.45) is 5.92 Å². The molecule has 3 heterocycles. The highest BCUT2D eigenvalue weighted by Gasteiger charge is 2.53. The van der Waals surface area contributed by atoms with Gasteiger partial charge in [0.05, 0.1) is 6.61 Å². The summed E-state index contributed by atoms with van der Waals surface area (Å²) >= 11 is 1.43. The number of carbonyl (C=O) groups excluding carboxylic acids is 3. The molecule has 30 heavy (non-hydrogen) atoms. The quantitative estimate of drug-likeness (QED) is 0.674. The summed E-state index contributed by atoms with van der Waals surface area (Å²) in [7, 11) is 0. The molecule has 4 rings (SSSR count). The molecule has 1 saturated heterocycles. The molecule has 0 spiro atoms. The van der Waals surface area contributed by atoms with Gasteiger partial charge in [0, 0.05) is 13.1 Å². The molecule has 1 aromatic rings. The Morgan fingerprint density at radius 1 is 1.17 bits per heavy atom. The van der Waals surface area contributed by atoms with Gasteiger partial charge in [-0.3, -0.25) is 4.79 Å². The molecule has 0 aliphatic carbocycles. The van der Waals surface area contributed by atoms with E-state index >= 15 is 0 Å². The maximum atomic E-state index is 13.4. The van der Waals surface area contributed by atoms with E-state index in [0.717, 1.165) is 36.4 Å². The molecule has 1 atom stereocenters. The number of benzene rings is 1. The van der Waals surface area contributed by atoms with Gasteiger partial charge in [0.2, 0.25) is 0 Å². The fourth-order valence-electron chi connectivity index (χ4n) is 4.07. The van der Waals surface area contributed by atoms with E-state index in [2.05, 4.69) is 0 Å². The van der Waals surface area contributed by atoms with E-state index in [-0.39, 0.29) is 18.4 Å². The molecular formula is C22H26N3O4S+. The van der Waals surface area contributed by atoms with E-state index in [9.17, 15) is 14.4 Å². The predicted octanol–water partition coefficient (Wildman–Crippen LogP) is 3.24. The van der Waals surface area contributed by atoms with Crippen molar-refractivity contribution < 1.29 is 23.7 Å². The predicted molar refractivity (Wildman–Crippen MR) is 116 cm³/mol. The molecule has 0 N–H and O–H groups in total.